The number of aromatic amines is 1. The molecular weight excluding hydrogens is 319 g/mol. The Kier molecular flexibility index (Phi) is 4.59. The fourth-order valence-electron chi connectivity index (χ4n) is 3.04. The minimum atomic E-state index is -4.46. The summed E-state index contributed by atoms with van der Waals surface area (Å²) < 4.78 is 40.3. The van der Waals surface area contributed by atoms with Crippen molar-refractivity contribution in [3.05, 3.63) is 46.2 Å². The van der Waals surface area contributed by atoms with Gasteiger partial charge in [0.05, 0.1) is 11.3 Å². The van der Waals surface area contributed by atoms with Crippen LogP contribution in [-0.4, -0.2) is 16.2 Å². The topological polar surface area (TPSA) is 57.8 Å². The van der Waals surface area contributed by atoms with Crippen molar-refractivity contribution in [2.45, 2.75) is 44.3 Å². The van der Waals surface area contributed by atoms with Crippen LogP contribution in [0.3, 0.4) is 0 Å². The average Bonchev–Trinajstić information content (AvgIpc) is 2.56. The Morgan fingerprint density at radius 2 is 1.83 bits per heavy atom. The number of hydrogen-bond acceptors (Lipinski definition) is 3. The third-order valence-corrected chi connectivity index (χ3v) is 4.26. The largest absolute Gasteiger partial charge is 0.418 e. The van der Waals surface area contributed by atoms with E-state index in [1.165, 1.54) is 18.2 Å². The Morgan fingerprint density at radius 3 is 2.46 bits per heavy atom. The highest BCUT2D eigenvalue weighted by Crippen LogP contribution is 2.38. The number of H-pyrrole nitrogens is 1. The molecule has 2 N–H and O–H groups in total. The molecule has 0 aliphatic heterocycles. The molecule has 0 saturated heterocycles. The van der Waals surface area contributed by atoms with Crippen molar-refractivity contribution in [1.29, 1.82) is 0 Å². The number of hydrogen-bond donors (Lipinski definition) is 2. The smallest absolute Gasteiger partial charge is 0.382 e. The van der Waals surface area contributed by atoms with Crippen LogP contribution in [-0.2, 0) is 6.18 Å². The molecule has 0 bridgehead atoms. The molecule has 0 unspecified atom stereocenters. The number of benzene rings is 1. The van der Waals surface area contributed by atoms with Gasteiger partial charge in [-0.1, -0.05) is 25.3 Å². The Balaban J connectivity index is 1.94. The zero-order chi connectivity index (χ0) is 17.2. The molecule has 2 aromatic rings. The first-order valence-electron chi connectivity index (χ1n) is 7.97. The van der Waals surface area contributed by atoms with Gasteiger partial charge >= 0.3 is 6.18 Å². The molecule has 24 heavy (non-hydrogen) atoms. The fourth-order valence-corrected chi connectivity index (χ4v) is 3.04. The lowest BCUT2D eigenvalue weighted by Gasteiger charge is -2.26. The molecule has 0 amide bonds. The second-order valence-corrected chi connectivity index (χ2v) is 6.04. The van der Waals surface area contributed by atoms with Crippen LogP contribution < -0.4 is 10.9 Å². The molecule has 1 fully saturated rings. The maximum absolute atomic E-state index is 13.4. The Hall–Kier alpha value is -2.31. The van der Waals surface area contributed by atoms with Gasteiger partial charge in [0.2, 0.25) is 0 Å². The molecule has 4 nitrogen and oxygen atoms in total. The second-order valence-electron chi connectivity index (χ2n) is 6.04. The Morgan fingerprint density at radius 1 is 1.08 bits per heavy atom. The molecule has 0 spiro atoms. The standard InChI is InChI=1S/C17H18F3N3O/c18-17(19,20)13-10-11(14-8-9-16(24)23-22-14)6-7-15(13)21-12-4-2-1-3-5-12/h6-10,12,21H,1-5H2,(H,23,24). The minimum Gasteiger partial charge on any atom is -0.382 e. The molecule has 1 heterocycles. The summed E-state index contributed by atoms with van der Waals surface area (Å²) in [5, 5.41) is 9.07. The third kappa shape index (κ3) is 3.77. The van der Waals surface area contributed by atoms with Gasteiger partial charge in [-0.25, -0.2) is 5.10 Å². The number of alkyl halides is 3. The summed E-state index contributed by atoms with van der Waals surface area (Å²) in [6.07, 6.45) is 0.536. The molecule has 0 radical (unpaired) electrons. The van der Waals surface area contributed by atoms with E-state index in [-0.39, 0.29) is 11.7 Å². The van der Waals surface area contributed by atoms with Gasteiger partial charge in [-0.05, 0) is 31.0 Å². The Labute approximate surface area is 137 Å². The van der Waals surface area contributed by atoms with Crippen LogP contribution in [0.15, 0.2) is 35.1 Å². The van der Waals surface area contributed by atoms with E-state index < -0.39 is 17.3 Å². The van der Waals surface area contributed by atoms with Gasteiger partial charge < -0.3 is 5.32 Å². The van der Waals surface area contributed by atoms with Crippen molar-refractivity contribution in [2.24, 2.45) is 0 Å². The van der Waals surface area contributed by atoms with Crippen LogP contribution in [0.5, 0.6) is 0 Å². The van der Waals surface area contributed by atoms with Gasteiger partial charge in [-0.15, -0.1) is 0 Å². The van der Waals surface area contributed by atoms with Crippen LogP contribution in [0.2, 0.25) is 0 Å². The maximum atomic E-state index is 13.4. The quantitative estimate of drug-likeness (QED) is 0.882. The minimum absolute atomic E-state index is 0.0805. The second kappa shape index (κ2) is 6.67. The summed E-state index contributed by atoms with van der Waals surface area (Å²) in [4.78, 5) is 11.0. The fraction of sp³-hybridized carbons (Fsp3) is 0.412. The number of rotatable bonds is 3. The van der Waals surface area contributed by atoms with Gasteiger partial charge in [-0.3, -0.25) is 4.79 Å². The monoisotopic (exact) mass is 337 g/mol. The van der Waals surface area contributed by atoms with Gasteiger partial charge in [0, 0.05) is 23.4 Å². The van der Waals surface area contributed by atoms with Crippen LogP contribution in [0, 0.1) is 0 Å². The van der Waals surface area contributed by atoms with E-state index in [2.05, 4.69) is 15.5 Å². The first-order valence-corrected chi connectivity index (χ1v) is 7.97. The number of nitrogens with one attached hydrogen (secondary N) is 2. The summed E-state index contributed by atoms with van der Waals surface area (Å²) in [6.45, 7) is 0. The molecule has 3 rings (SSSR count). The van der Waals surface area contributed by atoms with Crippen LogP contribution in [0.25, 0.3) is 11.3 Å². The van der Waals surface area contributed by atoms with Crippen molar-refractivity contribution >= 4 is 5.69 Å². The highest BCUT2D eigenvalue weighted by Gasteiger charge is 2.34. The normalized spacial score (nSPS) is 16.1. The molecule has 1 aromatic heterocycles. The Bertz CT molecular complexity index is 744. The average molecular weight is 337 g/mol. The van der Waals surface area contributed by atoms with Gasteiger partial charge in [0.1, 0.15) is 0 Å². The van der Waals surface area contributed by atoms with E-state index in [1.54, 1.807) is 6.07 Å². The van der Waals surface area contributed by atoms with E-state index in [0.29, 0.717) is 11.3 Å². The van der Waals surface area contributed by atoms with E-state index in [0.717, 1.165) is 38.2 Å². The summed E-state index contributed by atoms with van der Waals surface area (Å²) in [5.74, 6) is 0. The molecule has 1 aliphatic carbocycles. The van der Waals surface area contributed by atoms with Crippen molar-refractivity contribution < 1.29 is 13.2 Å². The third-order valence-electron chi connectivity index (χ3n) is 4.26. The lowest BCUT2D eigenvalue weighted by molar-refractivity contribution is -0.136. The van der Waals surface area contributed by atoms with Crippen molar-refractivity contribution in [3.63, 3.8) is 0 Å². The highest BCUT2D eigenvalue weighted by molar-refractivity contribution is 5.66. The van der Waals surface area contributed by atoms with E-state index in [1.807, 2.05) is 0 Å². The first kappa shape index (κ1) is 16.5. The zero-order valence-electron chi connectivity index (χ0n) is 13.0. The molecule has 1 aromatic carbocycles. The molecule has 1 aliphatic rings. The maximum Gasteiger partial charge on any atom is 0.418 e. The lowest BCUT2D eigenvalue weighted by atomic mass is 9.94. The number of nitrogens with zero attached hydrogens (tertiary/aromatic N) is 1. The molecular formula is C17H18F3N3O. The van der Waals surface area contributed by atoms with Gasteiger partial charge in [0.15, 0.2) is 0 Å². The summed E-state index contributed by atoms with van der Waals surface area (Å²) in [7, 11) is 0. The number of halogens is 3. The van der Waals surface area contributed by atoms with Crippen molar-refractivity contribution in [2.75, 3.05) is 5.32 Å². The summed E-state index contributed by atoms with van der Waals surface area (Å²) in [5.41, 5.74) is -0.399. The summed E-state index contributed by atoms with van der Waals surface area (Å²) in [6, 6.07) is 6.83. The van der Waals surface area contributed by atoms with E-state index in [4.69, 9.17) is 0 Å². The predicted molar refractivity (Wildman–Crippen MR) is 85.8 cm³/mol. The lowest BCUT2D eigenvalue weighted by Crippen LogP contribution is -2.24. The molecule has 0 atom stereocenters. The van der Waals surface area contributed by atoms with Crippen molar-refractivity contribution in [3.8, 4) is 11.3 Å². The summed E-state index contributed by atoms with van der Waals surface area (Å²) >= 11 is 0. The van der Waals surface area contributed by atoms with E-state index in [9.17, 15) is 18.0 Å². The SMILES string of the molecule is O=c1ccc(-c2ccc(NC3CCCCC3)c(C(F)(F)F)c2)n[nH]1. The molecule has 7 heteroatoms. The predicted octanol–water partition coefficient (Wildman–Crippen LogP) is 4.20. The highest BCUT2D eigenvalue weighted by atomic mass is 19.4. The number of anilines is 1. The molecule has 128 valence electrons. The van der Waals surface area contributed by atoms with Crippen molar-refractivity contribution in [1.82, 2.24) is 10.2 Å². The number of aromatic nitrogens is 2. The van der Waals surface area contributed by atoms with Crippen LogP contribution in [0.1, 0.15) is 37.7 Å². The van der Waals surface area contributed by atoms with Crippen LogP contribution >= 0.6 is 0 Å². The first-order chi connectivity index (χ1) is 11.4. The zero-order valence-corrected chi connectivity index (χ0v) is 13.0. The van der Waals surface area contributed by atoms with Gasteiger partial charge in [-0.2, -0.15) is 18.3 Å². The van der Waals surface area contributed by atoms with Crippen LogP contribution in [0.4, 0.5) is 18.9 Å². The molecule has 1 saturated carbocycles. The van der Waals surface area contributed by atoms with E-state index >= 15 is 0 Å². The van der Waals surface area contributed by atoms with Gasteiger partial charge in [0.25, 0.3) is 5.56 Å².